The summed E-state index contributed by atoms with van der Waals surface area (Å²) < 4.78 is 4.84. The molecular formula is C12H15ClO2S. The number of halogens is 1. The second-order valence-electron chi connectivity index (χ2n) is 3.35. The summed E-state index contributed by atoms with van der Waals surface area (Å²) in [5.74, 6) is 0.827. The van der Waals surface area contributed by atoms with Crippen molar-refractivity contribution in [2.24, 2.45) is 0 Å². The molecule has 0 radical (unpaired) electrons. The minimum absolute atomic E-state index is 0.203. The number of ether oxygens (including phenoxy) is 1. The molecule has 0 saturated heterocycles. The van der Waals surface area contributed by atoms with E-state index in [0.29, 0.717) is 6.61 Å². The predicted octanol–water partition coefficient (Wildman–Crippen LogP) is 3.78. The average Bonchev–Trinajstić information content (AvgIpc) is 2.25. The molecular weight excluding hydrogens is 244 g/mol. The van der Waals surface area contributed by atoms with Gasteiger partial charge in [0.1, 0.15) is 0 Å². The van der Waals surface area contributed by atoms with Crippen molar-refractivity contribution in [1.29, 1.82) is 0 Å². The van der Waals surface area contributed by atoms with Gasteiger partial charge in [0.05, 0.1) is 6.61 Å². The van der Waals surface area contributed by atoms with Crippen LogP contribution >= 0.6 is 23.4 Å². The third-order valence-corrected chi connectivity index (χ3v) is 3.28. The lowest BCUT2D eigenvalue weighted by Gasteiger charge is -2.02. The van der Waals surface area contributed by atoms with E-state index in [9.17, 15) is 4.79 Å². The molecule has 1 aromatic rings. The lowest BCUT2D eigenvalue weighted by atomic mass is 10.4. The molecule has 4 heteroatoms. The van der Waals surface area contributed by atoms with Gasteiger partial charge in [-0.2, -0.15) is 0 Å². The first-order valence-corrected chi connectivity index (χ1v) is 6.56. The van der Waals surface area contributed by atoms with Gasteiger partial charge in [-0.15, -0.1) is 11.8 Å². The monoisotopic (exact) mass is 258 g/mol. The molecule has 0 unspecified atom stereocenters. The lowest BCUT2D eigenvalue weighted by molar-refractivity contribution is -0.141. The Morgan fingerprint density at radius 1 is 1.31 bits per heavy atom. The number of unbranched alkanes of at least 4 members (excludes halogenated alkanes) is 1. The number of hydrogen-bond donors (Lipinski definition) is 0. The van der Waals surface area contributed by atoms with Crippen molar-refractivity contribution in [3.05, 3.63) is 29.3 Å². The van der Waals surface area contributed by atoms with E-state index in [1.165, 1.54) is 11.8 Å². The van der Waals surface area contributed by atoms with Crippen LogP contribution in [0.15, 0.2) is 29.2 Å². The topological polar surface area (TPSA) is 26.3 Å². The number of esters is 1. The van der Waals surface area contributed by atoms with Gasteiger partial charge < -0.3 is 4.74 Å². The summed E-state index contributed by atoms with van der Waals surface area (Å²) in [4.78, 5) is 11.7. The van der Waals surface area contributed by atoms with Crippen LogP contribution in [0.5, 0.6) is 0 Å². The highest BCUT2D eigenvalue weighted by molar-refractivity contribution is 7.99. The van der Waals surface area contributed by atoms with Gasteiger partial charge in [-0.05, 0) is 42.9 Å². The molecule has 0 spiro atoms. The molecule has 0 amide bonds. The van der Waals surface area contributed by atoms with Crippen molar-refractivity contribution in [3.8, 4) is 0 Å². The molecule has 0 saturated carbocycles. The Balaban J connectivity index is 2.07. The van der Waals surface area contributed by atoms with Crippen molar-refractivity contribution in [3.63, 3.8) is 0 Å². The van der Waals surface area contributed by atoms with Crippen molar-refractivity contribution in [2.45, 2.75) is 24.7 Å². The Bertz CT molecular complexity index is 324. The van der Waals surface area contributed by atoms with Crippen LogP contribution < -0.4 is 0 Å². The highest BCUT2D eigenvalue weighted by Gasteiger charge is 1.96. The molecule has 0 bridgehead atoms. The van der Waals surface area contributed by atoms with Gasteiger partial charge in [0, 0.05) is 16.8 Å². The fourth-order valence-electron chi connectivity index (χ4n) is 1.14. The fraction of sp³-hybridized carbons (Fsp3) is 0.417. The minimum atomic E-state index is -0.203. The second-order valence-corrected chi connectivity index (χ2v) is 4.95. The largest absolute Gasteiger partial charge is 0.466 e. The predicted molar refractivity (Wildman–Crippen MR) is 68.0 cm³/mol. The summed E-state index contributed by atoms with van der Waals surface area (Å²) in [5.41, 5.74) is 0. The molecule has 0 aliphatic rings. The van der Waals surface area contributed by atoms with E-state index in [1.54, 1.807) is 11.8 Å². The van der Waals surface area contributed by atoms with Gasteiger partial charge in [-0.25, -0.2) is 0 Å². The van der Waals surface area contributed by atoms with E-state index in [-0.39, 0.29) is 5.97 Å². The highest BCUT2D eigenvalue weighted by atomic mass is 35.5. The molecule has 1 rings (SSSR count). The Kier molecular flexibility index (Phi) is 6.34. The summed E-state index contributed by atoms with van der Waals surface area (Å²) in [6.45, 7) is 1.96. The second kappa shape index (κ2) is 7.58. The quantitative estimate of drug-likeness (QED) is 0.441. The van der Waals surface area contributed by atoms with E-state index < -0.39 is 0 Å². The lowest BCUT2D eigenvalue weighted by Crippen LogP contribution is -2.00. The van der Waals surface area contributed by atoms with E-state index in [2.05, 4.69) is 0 Å². The maximum Gasteiger partial charge on any atom is 0.302 e. The summed E-state index contributed by atoms with van der Waals surface area (Å²) in [5, 5.41) is 0.763. The molecule has 2 nitrogen and oxygen atoms in total. The third-order valence-electron chi connectivity index (χ3n) is 1.93. The van der Waals surface area contributed by atoms with Gasteiger partial charge in [0.2, 0.25) is 0 Å². The molecule has 0 aromatic heterocycles. The molecule has 88 valence electrons. The maximum absolute atomic E-state index is 10.5. The molecule has 0 aliphatic carbocycles. The zero-order valence-corrected chi connectivity index (χ0v) is 10.8. The van der Waals surface area contributed by atoms with Crippen LogP contribution in [0.4, 0.5) is 0 Å². The molecule has 0 heterocycles. The molecule has 0 aliphatic heterocycles. The first kappa shape index (κ1) is 13.4. The molecule has 0 atom stereocenters. The normalized spacial score (nSPS) is 10.1. The third kappa shape index (κ3) is 6.03. The zero-order valence-electron chi connectivity index (χ0n) is 9.24. The van der Waals surface area contributed by atoms with Gasteiger partial charge >= 0.3 is 5.97 Å². The Labute approximate surface area is 105 Å². The van der Waals surface area contributed by atoms with Crippen LogP contribution in [0.3, 0.4) is 0 Å². The Morgan fingerprint density at radius 3 is 2.62 bits per heavy atom. The van der Waals surface area contributed by atoms with Crippen LogP contribution in [-0.2, 0) is 9.53 Å². The van der Waals surface area contributed by atoms with E-state index in [1.807, 2.05) is 24.3 Å². The summed E-state index contributed by atoms with van der Waals surface area (Å²) >= 11 is 7.57. The van der Waals surface area contributed by atoms with Crippen molar-refractivity contribution < 1.29 is 9.53 Å². The number of rotatable bonds is 6. The van der Waals surface area contributed by atoms with Crippen LogP contribution in [0.25, 0.3) is 0 Å². The zero-order chi connectivity index (χ0) is 11.8. The van der Waals surface area contributed by atoms with Gasteiger partial charge in [-0.1, -0.05) is 11.6 Å². The summed E-state index contributed by atoms with van der Waals surface area (Å²) in [6, 6.07) is 7.81. The van der Waals surface area contributed by atoms with Crippen LogP contribution in [0.1, 0.15) is 19.8 Å². The van der Waals surface area contributed by atoms with Crippen molar-refractivity contribution in [1.82, 2.24) is 0 Å². The molecule has 0 N–H and O–H groups in total. The summed E-state index contributed by atoms with van der Waals surface area (Å²) in [6.07, 6.45) is 1.96. The first-order chi connectivity index (χ1) is 7.68. The highest BCUT2D eigenvalue weighted by Crippen LogP contribution is 2.21. The summed E-state index contributed by atoms with van der Waals surface area (Å²) in [7, 11) is 0. The SMILES string of the molecule is CC(=O)OCCCCSc1ccc(Cl)cc1. The number of carbonyl (C=O) groups excluding carboxylic acids is 1. The number of carbonyl (C=O) groups is 1. The number of benzene rings is 1. The van der Waals surface area contributed by atoms with Gasteiger partial charge in [0.15, 0.2) is 0 Å². The smallest absolute Gasteiger partial charge is 0.302 e. The van der Waals surface area contributed by atoms with Crippen molar-refractivity contribution >= 4 is 29.3 Å². The van der Waals surface area contributed by atoms with Gasteiger partial charge in [-0.3, -0.25) is 4.79 Å². The molecule has 1 aromatic carbocycles. The van der Waals surface area contributed by atoms with E-state index in [4.69, 9.17) is 16.3 Å². The molecule has 0 fully saturated rings. The standard InChI is InChI=1S/C12H15ClO2S/c1-10(14)15-8-2-3-9-16-12-6-4-11(13)5-7-12/h4-7H,2-3,8-9H2,1H3. The maximum atomic E-state index is 10.5. The van der Waals surface area contributed by atoms with E-state index in [0.717, 1.165) is 23.6 Å². The Hall–Kier alpha value is -0.670. The molecule has 16 heavy (non-hydrogen) atoms. The fourth-order valence-corrected chi connectivity index (χ4v) is 2.18. The van der Waals surface area contributed by atoms with Gasteiger partial charge in [0.25, 0.3) is 0 Å². The van der Waals surface area contributed by atoms with E-state index >= 15 is 0 Å². The number of hydrogen-bond acceptors (Lipinski definition) is 3. The average molecular weight is 259 g/mol. The van der Waals surface area contributed by atoms with Crippen LogP contribution in [0.2, 0.25) is 5.02 Å². The Morgan fingerprint density at radius 2 is 2.00 bits per heavy atom. The van der Waals surface area contributed by atoms with Crippen LogP contribution in [0, 0.1) is 0 Å². The number of thioether (sulfide) groups is 1. The first-order valence-electron chi connectivity index (χ1n) is 5.20. The van der Waals surface area contributed by atoms with Crippen LogP contribution in [-0.4, -0.2) is 18.3 Å². The minimum Gasteiger partial charge on any atom is -0.466 e. The van der Waals surface area contributed by atoms with Crippen molar-refractivity contribution in [2.75, 3.05) is 12.4 Å².